The Bertz CT molecular complexity index is 517. The fourth-order valence-corrected chi connectivity index (χ4v) is 4.30. The second-order valence-electron chi connectivity index (χ2n) is 5.98. The number of hydrogen-bond acceptors (Lipinski definition) is 4. The van der Waals surface area contributed by atoms with Gasteiger partial charge in [0.05, 0.1) is 0 Å². The van der Waals surface area contributed by atoms with E-state index in [0.717, 1.165) is 19.6 Å². The highest BCUT2D eigenvalue weighted by molar-refractivity contribution is 7.10. The van der Waals surface area contributed by atoms with Crippen molar-refractivity contribution in [3.63, 3.8) is 0 Å². The van der Waals surface area contributed by atoms with Gasteiger partial charge in [-0.15, -0.1) is 22.7 Å². The predicted molar refractivity (Wildman–Crippen MR) is 91.2 cm³/mol. The molecule has 3 rings (SSSR count). The first-order chi connectivity index (χ1) is 10.3. The predicted octanol–water partition coefficient (Wildman–Crippen LogP) is 4.50. The number of nitrogens with one attached hydrogen (secondary N) is 1. The molecule has 4 heteroatoms. The van der Waals surface area contributed by atoms with Crippen LogP contribution in [0.3, 0.4) is 0 Å². The van der Waals surface area contributed by atoms with E-state index in [9.17, 15) is 0 Å². The van der Waals surface area contributed by atoms with Crippen LogP contribution >= 0.6 is 22.7 Å². The van der Waals surface area contributed by atoms with E-state index in [-0.39, 0.29) is 0 Å². The van der Waals surface area contributed by atoms with Crippen molar-refractivity contribution in [2.75, 3.05) is 20.3 Å². The lowest BCUT2D eigenvalue weighted by Gasteiger charge is -2.22. The molecule has 0 amide bonds. The summed E-state index contributed by atoms with van der Waals surface area (Å²) in [7, 11) is 1.80. The molecular formula is C17H23NOS2. The van der Waals surface area contributed by atoms with Crippen LogP contribution in [0.2, 0.25) is 0 Å². The average molecular weight is 322 g/mol. The van der Waals surface area contributed by atoms with E-state index in [1.54, 1.807) is 7.11 Å². The topological polar surface area (TPSA) is 21.3 Å². The molecule has 1 fully saturated rings. The van der Waals surface area contributed by atoms with Gasteiger partial charge in [-0.25, -0.2) is 0 Å². The molecule has 2 nitrogen and oxygen atoms in total. The summed E-state index contributed by atoms with van der Waals surface area (Å²) < 4.78 is 5.26. The van der Waals surface area contributed by atoms with E-state index in [0.29, 0.717) is 11.5 Å². The maximum Gasteiger partial charge on any atom is 0.0468 e. The van der Waals surface area contributed by atoms with E-state index >= 15 is 0 Å². The van der Waals surface area contributed by atoms with Gasteiger partial charge in [0, 0.05) is 42.5 Å². The van der Waals surface area contributed by atoms with Crippen molar-refractivity contribution in [3.05, 3.63) is 44.8 Å². The molecule has 2 aromatic heterocycles. The molecule has 0 aromatic carbocycles. The highest BCUT2D eigenvalue weighted by atomic mass is 32.1. The van der Waals surface area contributed by atoms with Crippen molar-refractivity contribution in [3.8, 4) is 0 Å². The van der Waals surface area contributed by atoms with Crippen molar-refractivity contribution >= 4 is 22.7 Å². The molecule has 0 bridgehead atoms. The average Bonchev–Trinajstić information content (AvgIpc) is 2.93. The molecule has 0 saturated heterocycles. The maximum atomic E-state index is 5.26. The van der Waals surface area contributed by atoms with Gasteiger partial charge < -0.3 is 10.1 Å². The lowest BCUT2D eigenvalue weighted by Crippen LogP contribution is -2.29. The Labute approximate surface area is 135 Å². The Morgan fingerprint density at radius 2 is 2.05 bits per heavy atom. The molecule has 114 valence electrons. The Hall–Kier alpha value is -0.680. The Morgan fingerprint density at radius 3 is 2.67 bits per heavy atom. The molecule has 21 heavy (non-hydrogen) atoms. The first kappa shape index (κ1) is 15.2. The highest BCUT2D eigenvalue weighted by Crippen LogP contribution is 2.48. The summed E-state index contributed by atoms with van der Waals surface area (Å²) in [6.45, 7) is 2.00. The normalized spacial score (nSPS) is 17.8. The van der Waals surface area contributed by atoms with Gasteiger partial charge in [0.25, 0.3) is 0 Å². The van der Waals surface area contributed by atoms with Crippen LogP contribution in [0, 0.1) is 5.41 Å². The molecule has 2 heterocycles. The fraction of sp³-hybridized carbons (Fsp3) is 0.529. The SMILES string of the molecule is COCCC1(CNC(Cc2cccs2)c2cccs2)CC1. The van der Waals surface area contributed by atoms with E-state index in [1.807, 2.05) is 22.7 Å². The van der Waals surface area contributed by atoms with Crippen molar-refractivity contribution in [1.82, 2.24) is 5.32 Å². The van der Waals surface area contributed by atoms with Crippen LogP contribution < -0.4 is 5.32 Å². The van der Waals surface area contributed by atoms with Crippen molar-refractivity contribution in [2.24, 2.45) is 5.41 Å². The van der Waals surface area contributed by atoms with E-state index < -0.39 is 0 Å². The van der Waals surface area contributed by atoms with Crippen LogP contribution in [0.4, 0.5) is 0 Å². The third-order valence-electron chi connectivity index (χ3n) is 4.39. The quantitative estimate of drug-likeness (QED) is 0.734. The fourth-order valence-electron chi connectivity index (χ4n) is 2.74. The van der Waals surface area contributed by atoms with Gasteiger partial charge in [0.1, 0.15) is 0 Å². The Morgan fingerprint density at radius 1 is 1.24 bits per heavy atom. The Kier molecular flexibility index (Phi) is 5.11. The molecule has 1 atom stereocenters. The van der Waals surface area contributed by atoms with Crippen LogP contribution in [0.25, 0.3) is 0 Å². The van der Waals surface area contributed by atoms with Gasteiger partial charge in [-0.05, 0) is 47.6 Å². The zero-order valence-corrected chi connectivity index (χ0v) is 14.1. The van der Waals surface area contributed by atoms with E-state index in [4.69, 9.17) is 4.74 Å². The lowest BCUT2D eigenvalue weighted by molar-refractivity contribution is 0.170. The number of methoxy groups -OCH3 is 1. The molecule has 1 saturated carbocycles. The third kappa shape index (κ3) is 4.16. The number of ether oxygens (including phenoxy) is 1. The third-order valence-corrected chi connectivity index (χ3v) is 6.27. The van der Waals surface area contributed by atoms with Gasteiger partial charge in [0.15, 0.2) is 0 Å². The minimum Gasteiger partial charge on any atom is -0.385 e. The van der Waals surface area contributed by atoms with Crippen LogP contribution in [0.15, 0.2) is 35.0 Å². The summed E-state index contributed by atoms with van der Waals surface area (Å²) in [4.78, 5) is 2.91. The van der Waals surface area contributed by atoms with Gasteiger partial charge in [-0.1, -0.05) is 12.1 Å². The number of rotatable bonds is 9. The second-order valence-corrected chi connectivity index (χ2v) is 7.99. The minimum atomic E-state index is 0.448. The largest absolute Gasteiger partial charge is 0.385 e. The number of thiophene rings is 2. The van der Waals surface area contributed by atoms with Crippen LogP contribution in [-0.2, 0) is 11.2 Å². The molecular weight excluding hydrogens is 298 g/mol. The zero-order valence-electron chi connectivity index (χ0n) is 12.5. The van der Waals surface area contributed by atoms with Crippen molar-refractivity contribution in [1.29, 1.82) is 0 Å². The molecule has 1 N–H and O–H groups in total. The lowest BCUT2D eigenvalue weighted by atomic mass is 10.0. The first-order valence-electron chi connectivity index (χ1n) is 7.59. The first-order valence-corrected chi connectivity index (χ1v) is 9.35. The van der Waals surface area contributed by atoms with Crippen LogP contribution in [0.5, 0.6) is 0 Å². The summed E-state index contributed by atoms with van der Waals surface area (Å²) in [6.07, 6.45) is 4.98. The summed E-state index contributed by atoms with van der Waals surface area (Å²) >= 11 is 3.72. The maximum absolute atomic E-state index is 5.26. The summed E-state index contributed by atoms with van der Waals surface area (Å²) in [5, 5.41) is 8.18. The van der Waals surface area contributed by atoms with E-state index in [2.05, 4.69) is 40.3 Å². The van der Waals surface area contributed by atoms with Crippen LogP contribution in [-0.4, -0.2) is 20.3 Å². The Balaban J connectivity index is 1.60. The molecule has 1 aliphatic rings. The molecule has 2 aromatic rings. The second kappa shape index (κ2) is 7.05. The van der Waals surface area contributed by atoms with E-state index in [1.165, 1.54) is 29.0 Å². The highest BCUT2D eigenvalue weighted by Gasteiger charge is 2.42. The number of hydrogen-bond donors (Lipinski definition) is 1. The molecule has 1 aliphatic carbocycles. The summed E-state index contributed by atoms with van der Waals surface area (Å²) in [6, 6.07) is 9.24. The van der Waals surface area contributed by atoms with Crippen molar-refractivity contribution in [2.45, 2.75) is 31.7 Å². The monoisotopic (exact) mass is 321 g/mol. The van der Waals surface area contributed by atoms with Crippen LogP contribution in [0.1, 0.15) is 35.1 Å². The smallest absolute Gasteiger partial charge is 0.0468 e. The molecule has 0 radical (unpaired) electrons. The molecule has 0 aliphatic heterocycles. The standard InChI is InChI=1S/C17H23NOS2/c1-19-9-8-17(6-7-17)13-18-15(16-5-3-11-21-16)12-14-4-2-10-20-14/h2-5,10-11,15,18H,6-9,12-13H2,1H3. The molecule has 1 unspecified atom stereocenters. The van der Waals surface area contributed by atoms with Gasteiger partial charge in [0.2, 0.25) is 0 Å². The zero-order chi connectivity index (χ0) is 14.5. The van der Waals surface area contributed by atoms with Gasteiger partial charge in [-0.3, -0.25) is 0 Å². The van der Waals surface area contributed by atoms with Gasteiger partial charge >= 0.3 is 0 Å². The summed E-state index contributed by atoms with van der Waals surface area (Å²) in [5.41, 5.74) is 0.501. The molecule has 0 spiro atoms. The minimum absolute atomic E-state index is 0.448. The van der Waals surface area contributed by atoms with Crippen molar-refractivity contribution < 1.29 is 4.74 Å². The summed E-state index contributed by atoms with van der Waals surface area (Å²) in [5.74, 6) is 0. The van der Waals surface area contributed by atoms with Gasteiger partial charge in [-0.2, -0.15) is 0 Å².